The number of benzene rings is 1. The van der Waals surface area contributed by atoms with Crippen molar-refractivity contribution >= 4 is 17.5 Å². The number of ether oxygens (including phenoxy) is 2. The van der Waals surface area contributed by atoms with E-state index in [9.17, 15) is 4.79 Å². The van der Waals surface area contributed by atoms with Gasteiger partial charge in [0.1, 0.15) is 6.10 Å². The fourth-order valence-electron chi connectivity index (χ4n) is 2.98. The highest BCUT2D eigenvalue weighted by atomic mass is 35.5. The van der Waals surface area contributed by atoms with Gasteiger partial charge in [-0.05, 0) is 24.1 Å². The van der Waals surface area contributed by atoms with E-state index >= 15 is 0 Å². The molecule has 0 unspecified atom stereocenters. The van der Waals surface area contributed by atoms with Crippen molar-refractivity contribution < 1.29 is 14.3 Å². The van der Waals surface area contributed by atoms with Gasteiger partial charge in [-0.3, -0.25) is 4.79 Å². The van der Waals surface area contributed by atoms with E-state index in [0.29, 0.717) is 36.8 Å². The predicted octanol–water partition coefficient (Wildman–Crippen LogP) is 3.14. The molecule has 2 heterocycles. The maximum Gasteiger partial charge on any atom is 0.319 e. The van der Waals surface area contributed by atoms with E-state index in [0.717, 1.165) is 18.4 Å². The summed E-state index contributed by atoms with van der Waals surface area (Å²) in [7, 11) is 1.52. The third kappa shape index (κ3) is 5.08. The average Bonchev–Trinajstić information content (AvgIpc) is 2.67. The predicted molar refractivity (Wildman–Crippen MR) is 98.6 cm³/mol. The number of piperidine rings is 1. The van der Waals surface area contributed by atoms with Crippen LogP contribution in [0.5, 0.6) is 11.9 Å². The van der Waals surface area contributed by atoms with Crippen molar-refractivity contribution in [2.45, 2.75) is 31.8 Å². The lowest BCUT2D eigenvalue weighted by Crippen LogP contribution is -2.41. The minimum absolute atomic E-state index is 0.0478. The molecule has 1 saturated heterocycles. The average molecular weight is 376 g/mol. The third-order valence-electron chi connectivity index (χ3n) is 4.39. The number of rotatable bonds is 6. The number of nitrogens with zero attached hydrogens (tertiary/aromatic N) is 3. The van der Waals surface area contributed by atoms with Gasteiger partial charge in [-0.25, -0.2) is 4.98 Å². The Morgan fingerprint density at radius 3 is 2.85 bits per heavy atom. The summed E-state index contributed by atoms with van der Waals surface area (Å²) >= 11 is 5.98. The molecule has 0 aliphatic carbocycles. The summed E-state index contributed by atoms with van der Waals surface area (Å²) in [6, 6.07) is 9.65. The van der Waals surface area contributed by atoms with E-state index in [4.69, 9.17) is 21.1 Å². The van der Waals surface area contributed by atoms with Crippen molar-refractivity contribution in [2.75, 3.05) is 20.2 Å². The normalized spacial score (nSPS) is 14.9. The molecule has 1 aliphatic rings. The first-order valence-electron chi connectivity index (χ1n) is 8.70. The van der Waals surface area contributed by atoms with Gasteiger partial charge < -0.3 is 14.4 Å². The van der Waals surface area contributed by atoms with Gasteiger partial charge in [0.15, 0.2) is 0 Å². The first-order valence-corrected chi connectivity index (χ1v) is 9.08. The number of aryl methyl sites for hydroxylation is 1. The summed E-state index contributed by atoms with van der Waals surface area (Å²) < 4.78 is 10.9. The largest absolute Gasteiger partial charge is 0.474 e. The molecule has 6 nitrogen and oxygen atoms in total. The maximum absolute atomic E-state index is 12.4. The van der Waals surface area contributed by atoms with Crippen LogP contribution in [0.2, 0.25) is 5.02 Å². The van der Waals surface area contributed by atoms with Crippen molar-refractivity contribution in [3.8, 4) is 11.9 Å². The molecule has 0 N–H and O–H groups in total. The minimum Gasteiger partial charge on any atom is -0.474 e. The van der Waals surface area contributed by atoms with Crippen molar-refractivity contribution in [2.24, 2.45) is 0 Å². The minimum atomic E-state index is 0.0478. The van der Waals surface area contributed by atoms with Crippen LogP contribution in [0.25, 0.3) is 0 Å². The number of hydrogen-bond donors (Lipinski definition) is 0. The zero-order valence-electron chi connectivity index (χ0n) is 14.7. The molecule has 0 spiro atoms. The first-order chi connectivity index (χ1) is 12.6. The lowest BCUT2D eigenvalue weighted by atomic mass is 10.1. The summed E-state index contributed by atoms with van der Waals surface area (Å²) in [6.07, 6.45) is 4.43. The number of likely N-dealkylation sites (tertiary alicyclic amines) is 1. The van der Waals surface area contributed by atoms with Crippen LogP contribution in [-0.2, 0) is 11.2 Å². The van der Waals surface area contributed by atoms with Gasteiger partial charge in [-0.1, -0.05) is 23.7 Å². The Bertz CT molecular complexity index is 748. The summed E-state index contributed by atoms with van der Waals surface area (Å²) in [4.78, 5) is 22.5. The van der Waals surface area contributed by atoms with Gasteiger partial charge in [-0.15, -0.1) is 0 Å². The molecule has 3 rings (SSSR count). The van der Waals surface area contributed by atoms with Gasteiger partial charge in [0.2, 0.25) is 11.8 Å². The number of methoxy groups -OCH3 is 1. The number of carbonyl (C=O) groups is 1. The molecule has 0 atom stereocenters. The standard InChI is InChI=1S/C19H22ClN3O3/c1-25-19-21-10-7-17(22-19)26-16-8-11-23(12-9-16)18(24)6-5-14-3-2-4-15(20)13-14/h2-4,7,10,13,16H,5-6,8-9,11-12H2,1H3. The number of aromatic nitrogens is 2. The zero-order chi connectivity index (χ0) is 18.4. The topological polar surface area (TPSA) is 64.6 Å². The smallest absolute Gasteiger partial charge is 0.319 e. The van der Waals surface area contributed by atoms with Crippen LogP contribution in [-0.4, -0.2) is 47.1 Å². The highest BCUT2D eigenvalue weighted by molar-refractivity contribution is 6.30. The summed E-state index contributed by atoms with van der Waals surface area (Å²) in [5.41, 5.74) is 1.08. The molecule has 1 aliphatic heterocycles. The molecule has 2 aromatic rings. The number of halogens is 1. The fraction of sp³-hybridized carbons (Fsp3) is 0.421. The van der Waals surface area contributed by atoms with Crippen molar-refractivity contribution in [1.82, 2.24) is 14.9 Å². The van der Waals surface area contributed by atoms with Crippen molar-refractivity contribution in [3.63, 3.8) is 0 Å². The number of hydrogen-bond acceptors (Lipinski definition) is 5. The molecule has 0 bridgehead atoms. The molecule has 138 valence electrons. The quantitative estimate of drug-likeness (QED) is 0.776. The van der Waals surface area contributed by atoms with Crippen molar-refractivity contribution in [1.29, 1.82) is 0 Å². The van der Waals surface area contributed by atoms with E-state index in [1.165, 1.54) is 7.11 Å². The number of amides is 1. The highest BCUT2D eigenvalue weighted by Gasteiger charge is 2.24. The maximum atomic E-state index is 12.4. The molecular formula is C19H22ClN3O3. The van der Waals surface area contributed by atoms with Gasteiger partial charge >= 0.3 is 6.01 Å². The highest BCUT2D eigenvalue weighted by Crippen LogP contribution is 2.19. The molecule has 26 heavy (non-hydrogen) atoms. The van der Waals surface area contributed by atoms with Crippen LogP contribution in [0.1, 0.15) is 24.8 Å². The molecule has 1 aromatic carbocycles. The van der Waals surface area contributed by atoms with Crippen LogP contribution < -0.4 is 9.47 Å². The van der Waals surface area contributed by atoms with Crippen LogP contribution in [0.3, 0.4) is 0 Å². The van der Waals surface area contributed by atoms with E-state index in [1.807, 2.05) is 29.2 Å². The summed E-state index contributed by atoms with van der Waals surface area (Å²) in [5, 5.41) is 0.703. The Morgan fingerprint density at radius 1 is 1.31 bits per heavy atom. The SMILES string of the molecule is COc1nccc(OC2CCN(C(=O)CCc3cccc(Cl)c3)CC2)n1. The Morgan fingerprint density at radius 2 is 2.12 bits per heavy atom. The van der Waals surface area contributed by atoms with Gasteiger partial charge in [0.05, 0.1) is 7.11 Å². The lowest BCUT2D eigenvalue weighted by molar-refractivity contribution is -0.132. The molecule has 1 fully saturated rings. The Balaban J connectivity index is 1.44. The van der Waals surface area contributed by atoms with E-state index < -0.39 is 0 Å². The second kappa shape index (κ2) is 8.85. The Labute approximate surface area is 158 Å². The number of carbonyl (C=O) groups excluding carboxylic acids is 1. The monoisotopic (exact) mass is 375 g/mol. The van der Waals surface area contributed by atoms with Crippen molar-refractivity contribution in [3.05, 3.63) is 47.1 Å². The second-order valence-corrected chi connectivity index (χ2v) is 6.65. The van der Waals surface area contributed by atoms with E-state index in [-0.39, 0.29) is 18.0 Å². The molecule has 0 saturated carbocycles. The van der Waals surface area contributed by atoms with Gasteiger partial charge in [0.25, 0.3) is 0 Å². The second-order valence-electron chi connectivity index (χ2n) is 6.21. The van der Waals surface area contributed by atoms with Crippen LogP contribution >= 0.6 is 11.6 Å². The summed E-state index contributed by atoms with van der Waals surface area (Å²) in [5.74, 6) is 0.676. The zero-order valence-corrected chi connectivity index (χ0v) is 15.5. The summed E-state index contributed by atoms with van der Waals surface area (Å²) in [6.45, 7) is 1.39. The fourth-order valence-corrected chi connectivity index (χ4v) is 3.20. The molecule has 7 heteroatoms. The third-order valence-corrected chi connectivity index (χ3v) is 4.62. The van der Waals surface area contributed by atoms with Crippen LogP contribution in [0.15, 0.2) is 36.5 Å². The Kier molecular flexibility index (Phi) is 6.28. The van der Waals surface area contributed by atoms with Crippen LogP contribution in [0, 0.1) is 0 Å². The lowest BCUT2D eigenvalue weighted by Gasteiger charge is -2.32. The first kappa shape index (κ1) is 18.5. The molecular weight excluding hydrogens is 354 g/mol. The van der Waals surface area contributed by atoms with Gasteiger partial charge in [0, 0.05) is 49.6 Å². The van der Waals surface area contributed by atoms with Gasteiger partial charge in [-0.2, -0.15) is 4.98 Å². The molecule has 1 aromatic heterocycles. The van der Waals surface area contributed by atoms with E-state index in [2.05, 4.69) is 9.97 Å². The Hall–Kier alpha value is -2.34. The van der Waals surface area contributed by atoms with Crippen LogP contribution in [0.4, 0.5) is 0 Å². The molecule has 0 radical (unpaired) electrons. The molecule has 1 amide bonds. The van der Waals surface area contributed by atoms with E-state index in [1.54, 1.807) is 12.3 Å².